The number of halogens is 1. The summed E-state index contributed by atoms with van der Waals surface area (Å²) in [5.41, 5.74) is 0.793. The zero-order valence-corrected chi connectivity index (χ0v) is 8.64. The van der Waals surface area contributed by atoms with Gasteiger partial charge >= 0.3 is 0 Å². The Bertz CT molecular complexity index is 346. The van der Waals surface area contributed by atoms with Gasteiger partial charge in [-0.2, -0.15) is 5.26 Å². The van der Waals surface area contributed by atoms with Gasteiger partial charge in [-0.1, -0.05) is 11.6 Å². The van der Waals surface area contributed by atoms with Gasteiger partial charge in [-0.05, 0) is 12.1 Å². The highest BCUT2D eigenvalue weighted by Crippen LogP contribution is 2.26. The topological polar surface area (TPSA) is 45.0 Å². The predicted octanol–water partition coefficient (Wildman–Crippen LogP) is 2.67. The normalized spacial score (nSPS) is 9.21. The largest absolute Gasteiger partial charge is 0.497 e. The molecule has 1 aromatic rings. The first-order valence-electron chi connectivity index (χ1n) is 4.22. The van der Waals surface area contributed by atoms with E-state index >= 15 is 0 Å². The molecule has 1 aromatic carbocycles. The third-order valence-corrected chi connectivity index (χ3v) is 2.06. The Morgan fingerprint density at radius 3 is 3.00 bits per heavy atom. The number of nitrogens with one attached hydrogen (secondary N) is 1. The van der Waals surface area contributed by atoms with Crippen molar-refractivity contribution in [1.82, 2.24) is 0 Å². The summed E-state index contributed by atoms with van der Waals surface area (Å²) in [6.07, 6.45) is 0.452. The molecule has 0 radical (unpaired) electrons. The molecule has 0 aliphatic carbocycles. The van der Waals surface area contributed by atoms with Crippen LogP contribution in [0.25, 0.3) is 0 Å². The smallest absolute Gasteiger partial charge is 0.121 e. The van der Waals surface area contributed by atoms with Gasteiger partial charge in [0.25, 0.3) is 0 Å². The molecule has 0 fully saturated rings. The molecule has 4 heteroatoms. The van der Waals surface area contributed by atoms with Gasteiger partial charge in [0, 0.05) is 12.6 Å². The highest BCUT2D eigenvalue weighted by atomic mass is 35.5. The quantitative estimate of drug-likeness (QED) is 0.778. The van der Waals surface area contributed by atoms with E-state index in [1.54, 1.807) is 25.3 Å². The molecule has 0 heterocycles. The Hall–Kier alpha value is -1.40. The summed E-state index contributed by atoms with van der Waals surface area (Å²) in [7, 11) is 1.60. The van der Waals surface area contributed by atoms with E-state index in [2.05, 4.69) is 5.32 Å². The first-order valence-corrected chi connectivity index (χ1v) is 4.60. The van der Waals surface area contributed by atoms with Gasteiger partial charge in [-0.3, -0.25) is 0 Å². The van der Waals surface area contributed by atoms with Crippen molar-refractivity contribution < 1.29 is 4.74 Å². The van der Waals surface area contributed by atoms with Crippen LogP contribution >= 0.6 is 11.6 Å². The number of hydrogen-bond donors (Lipinski definition) is 1. The SMILES string of the molecule is COc1ccc(Cl)c(NCCC#N)c1. The Labute approximate surface area is 88.3 Å². The molecular formula is C10H11ClN2O. The van der Waals surface area contributed by atoms with Crippen molar-refractivity contribution >= 4 is 17.3 Å². The summed E-state index contributed by atoms with van der Waals surface area (Å²) in [4.78, 5) is 0. The maximum Gasteiger partial charge on any atom is 0.121 e. The van der Waals surface area contributed by atoms with Gasteiger partial charge in [0.05, 0.1) is 30.3 Å². The molecule has 0 saturated carbocycles. The van der Waals surface area contributed by atoms with Crippen molar-refractivity contribution in [3.63, 3.8) is 0 Å². The van der Waals surface area contributed by atoms with Gasteiger partial charge in [-0.25, -0.2) is 0 Å². The van der Waals surface area contributed by atoms with Crippen molar-refractivity contribution in [3.05, 3.63) is 23.2 Å². The summed E-state index contributed by atoms with van der Waals surface area (Å²) >= 11 is 5.93. The van der Waals surface area contributed by atoms with Crippen LogP contribution in [0, 0.1) is 11.3 Å². The number of hydrogen-bond acceptors (Lipinski definition) is 3. The molecule has 14 heavy (non-hydrogen) atoms. The first-order chi connectivity index (χ1) is 6.77. The zero-order chi connectivity index (χ0) is 10.4. The molecule has 0 atom stereocenters. The Morgan fingerprint density at radius 1 is 1.57 bits per heavy atom. The van der Waals surface area contributed by atoms with Crippen LogP contribution < -0.4 is 10.1 Å². The van der Waals surface area contributed by atoms with Gasteiger partial charge in [0.2, 0.25) is 0 Å². The molecule has 74 valence electrons. The summed E-state index contributed by atoms with van der Waals surface area (Å²) < 4.78 is 5.05. The molecule has 0 bridgehead atoms. The van der Waals surface area contributed by atoms with Crippen LogP contribution in [-0.4, -0.2) is 13.7 Å². The molecule has 0 aliphatic rings. The van der Waals surface area contributed by atoms with Crippen LogP contribution in [0.5, 0.6) is 5.75 Å². The minimum absolute atomic E-state index is 0.452. The molecule has 1 rings (SSSR count). The summed E-state index contributed by atoms with van der Waals surface area (Å²) in [6.45, 7) is 0.587. The fourth-order valence-corrected chi connectivity index (χ4v) is 1.20. The van der Waals surface area contributed by atoms with E-state index in [1.807, 2.05) is 6.07 Å². The maximum atomic E-state index is 8.37. The van der Waals surface area contributed by atoms with Crippen LogP contribution in [-0.2, 0) is 0 Å². The van der Waals surface area contributed by atoms with Crippen molar-refractivity contribution in [2.24, 2.45) is 0 Å². The summed E-state index contributed by atoms with van der Waals surface area (Å²) in [6, 6.07) is 7.40. The van der Waals surface area contributed by atoms with Crippen LogP contribution in [0.1, 0.15) is 6.42 Å². The second-order valence-corrected chi connectivity index (χ2v) is 3.09. The molecule has 0 spiro atoms. The average molecular weight is 211 g/mol. The minimum atomic E-state index is 0.452. The van der Waals surface area contributed by atoms with E-state index in [9.17, 15) is 0 Å². The van der Waals surface area contributed by atoms with Crippen LogP contribution in [0.3, 0.4) is 0 Å². The standard InChI is InChI=1S/C10H11ClN2O/c1-14-8-3-4-9(11)10(7-8)13-6-2-5-12/h3-4,7,13H,2,6H2,1H3. The van der Waals surface area contributed by atoms with Crippen molar-refractivity contribution in [2.75, 3.05) is 19.0 Å². The third kappa shape index (κ3) is 2.82. The Morgan fingerprint density at radius 2 is 2.36 bits per heavy atom. The molecular weight excluding hydrogens is 200 g/mol. The van der Waals surface area contributed by atoms with Crippen molar-refractivity contribution in [2.45, 2.75) is 6.42 Å². The van der Waals surface area contributed by atoms with E-state index in [0.29, 0.717) is 18.0 Å². The third-order valence-electron chi connectivity index (χ3n) is 1.73. The van der Waals surface area contributed by atoms with E-state index in [0.717, 1.165) is 11.4 Å². The molecule has 1 N–H and O–H groups in total. The predicted molar refractivity (Wildman–Crippen MR) is 56.7 cm³/mol. The number of rotatable bonds is 4. The lowest BCUT2D eigenvalue weighted by Gasteiger charge is -2.08. The summed E-state index contributed by atoms with van der Waals surface area (Å²) in [5, 5.41) is 12.0. The van der Waals surface area contributed by atoms with Gasteiger partial charge < -0.3 is 10.1 Å². The second kappa shape index (κ2) is 5.36. The molecule has 0 unspecified atom stereocenters. The van der Waals surface area contributed by atoms with E-state index in [-0.39, 0.29) is 0 Å². The van der Waals surface area contributed by atoms with E-state index < -0.39 is 0 Å². The van der Waals surface area contributed by atoms with E-state index in [1.165, 1.54) is 0 Å². The zero-order valence-electron chi connectivity index (χ0n) is 7.88. The molecule has 0 aliphatic heterocycles. The van der Waals surface area contributed by atoms with Crippen LogP contribution in [0.2, 0.25) is 5.02 Å². The number of methoxy groups -OCH3 is 1. The molecule has 0 saturated heterocycles. The lowest BCUT2D eigenvalue weighted by molar-refractivity contribution is 0.415. The number of anilines is 1. The number of ether oxygens (including phenoxy) is 1. The number of nitriles is 1. The van der Waals surface area contributed by atoms with E-state index in [4.69, 9.17) is 21.6 Å². The van der Waals surface area contributed by atoms with Gasteiger partial charge in [0.1, 0.15) is 5.75 Å². The lowest BCUT2D eigenvalue weighted by atomic mass is 10.3. The molecule has 0 amide bonds. The number of benzene rings is 1. The van der Waals surface area contributed by atoms with Crippen molar-refractivity contribution in [3.8, 4) is 11.8 Å². The van der Waals surface area contributed by atoms with Gasteiger partial charge in [0.15, 0.2) is 0 Å². The Balaban J connectivity index is 2.69. The fourth-order valence-electron chi connectivity index (χ4n) is 1.02. The van der Waals surface area contributed by atoms with Crippen LogP contribution in [0.4, 0.5) is 5.69 Å². The van der Waals surface area contributed by atoms with Crippen LogP contribution in [0.15, 0.2) is 18.2 Å². The fraction of sp³-hybridized carbons (Fsp3) is 0.300. The highest BCUT2D eigenvalue weighted by Gasteiger charge is 2.00. The maximum absolute atomic E-state index is 8.37. The van der Waals surface area contributed by atoms with Gasteiger partial charge in [-0.15, -0.1) is 0 Å². The van der Waals surface area contributed by atoms with Crippen molar-refractivity contribution in [1.29, 1.82) is 5.26 Å². The number of nitrogens with zero attached hydrogens (tertiary/aromatic N) is 1. The minimum Gasteiger partial charge on any atom is -0.497 e. The highest BCUT2D eigenvalue weighted by molar-refractivity contribution is 6.33. The summed E-state index contributed by atoms with van der Waals surface area (Å²) in [5.74, 6) is 0.744. The molecule has 3 nitrogen and oxygen atoms in total. The Kier molecular flexibility index (Phi) is 4.09. The first kappa shape index (κ1) is 10.7. The molecule has 0 aromatic heterocycles. The second-order valence-electron chi connectivity index (χ2n) is 2.68. The average Bonchev–Trinajstić information content (AvgIpc) is 2.21. The lowest BCUT2D eigenvalue weighted by Crippen LogP contribution is -2.01. The monoisotopic (exact) mass is 210 g/mol.